The molecule has 0 saturated carbocycles. The molecule has 0 saturated heterocycles. The van der Waals surface area contributed by atoms with Gasteiger partial charge in [-0.2, -0.15) is 0 Å². The first-order chi connectivity index (χ1) is 9.79. The molecule has 0 atom stereocenters. The SMILES string of the molecule is O=C(O)CO.O=C(O)c1ccc(C(=O)O)cc1.OCCO. The molecule has 9 nitrogen and oxygen atoms in total. The molecule has 9 heteroatoms. The minimum atomic E-state index is -1.19. The first-order valence-corrected chi connectivity index (χ1v) is 5.41. The average Bonchev–Trinajstić information content (AvgIpc) is 2.48. The molecule has 6 N–H and O–H groups in total. The van der Waals surface area contributed by atoms with Crippen LogP contribution in [0.1, 0.15) is 20.7 Å². The highest BCUT2D eigenvalue weighted by Crippen LogP contribution is 2.03. The van der Waals surface area contributed by atoms with Crippen molar-refractivity contribution in [2.45, 2.75) is 0 Å². The van der Waals surface area contributed by atoms with Crippen LogP contribution in [0.15, 0.2) is 24.3 Å². The van der Waals surface area contributed by atoms with Gasteiger partial charge in [0.15, 0.2) is 0 Å². The van der Waals surface area contributed by atoms with Crippen LogP contribution in [-0.4, -0.2) is 68.4 Å². The Balaban J connectivity index is 0. The van der Waals surface area contributed by atoms with Crippen LogP contribution < -0.4 is 0 Å². The minimum absolute atomic E-state index is 0.0833. The molecule has 1 rings (SSSR count). The summed E-state index contributed by atoms with van der Waals surface area (Å²) in [5.74, 6) is -3.32. The van der Waals surface area contributed by atoms with E-state index in [9.17, 15) is 9.59 Å². The zero-order valence-corrected chi connectivity index (χ0v) is 10.8. The molecule has 1 aromatic carbocycles. The number of hydrogen-bond acceptors (Lipinski definition) is 6. The van der Waals surface area contributed by atoms with Gasteiger partial charge in [-0.3, -0.25) is 0 Å². The van der Waals surface area contributed by atoms with Crippen molar-refractivity contribution in [3.8, 4) is 0 Å². The summed E-state index contributed by atoms with van der Waals surface area (Å²) in [5, 5.41) is 47.2. The van der Waals surface area contributed by atoms with E-state index in [1.165, 1.54) is 24.3 Å². The molecule has 118 valence electrons. The van der Waals surface area contributed by atoms with E-state index >= 15 is 0 Å². The summed E-state index contributed by atoms with van der Waals surface area (Å²) in [7, 11) is 0. The molecule has 0 spiro atoms. The molecule has 0 amide bonds. The van der Waals surface area contributed by atoms with Crippen molar-refractivity contribution in [3.05, 3.63) is 35.4 Å². The molecule has 0 aromatic heterocycles. The molecule has 0 aliphatic rings. The lowest BCUT2D eigenvalue weighted by molar-refractivity contribution is -0.140. The zero-order valence-electron chi connectivity index (χ0n) is 10.8. The van der Waals surface area contributed by atoms with E-state index in [4.69, 9.17) is 35.4 Å². The van der Waals surface area contributed by atoms with Crippen LogP contribution in [0.3, 0.4) is 0 Å². The summed E-state index contributed by atoms with van der Waals surface area (Å²) in [6.07, 6.45) is 0. The number of hydrogen-bond donors (Lipinski definition) is 6. The lowest BCUT2D eigenvalue weighted by atomic mass is 10.1. The molecule has 0 radical (unpaired) electrons. The number of aliphatic hydroxyl groups excluding tert-OH is 3. The fraction of sp³-hybridized carbons (Fsp3) is 0.250. The van der Waals surface area contributed by atoms with Gasteiger partial charge in [-0.1, -0.05) is 0 Å². The molecule has 0 unspecified atom stereocenters. The van der Waals surface area contributed by atoms with E-state index in [0.717, 1.165) is 0 Å². The first-order valence-electron chi connectivity index (χ1n) is 5.41. The Bertz CT molecular complexity index is 404. The number of benzene rings is 1. The van der Waals surface area contributed by atoms with Gasteiger partial charge < -0.3 is 30.6 Å². The van der Waals surface area contributed by atoms with Crippen molar-refractivity contribution >= 4 is 17.9 Å². The van der Waals surface area contributed by atoms with E-state index in [2.05, 4.69) is 0 Å². The second-order valence-corrected chi connectivity index (χ2v) is 3.19. The van der Waals surface area contributed by atoms with Crippen molar-refractivity contribution in [2.75, 3.05) is 19.8 Å². The molecule has 0 fully saturated rings. The number of carboxylic acids is 3. The number of aliphatic hydroxyl groups is 3. The number of carbonyl (C=O) groups is 3. The van der Waals surface area contributed by atoms with Crippen LogP contribution in [0.2, 0.25) is 0 Å². The Kier molecular flexibility index (Phi) is 12.4. The zero-order chi connectivity index (χ0) is 16.8. The normalized spacial score (nSPS) is 8.52. The monoisotopic (exact) mass is 304 g/mol. The standard InChI is InChI=1S/C8H6O4.C2H4O3.C2H6O2/c9-7(10)5-1-2-6(4-3-5)8(11)12;3-1-2(4)5;3-1-2-4/h1-4H,(H,9,10)(H,11,12);3H,1H2,(H,4,5);3-4H,1-2H2. The molecular weight excluding hydrogens is 288 g/mol. The fourth-order valence-electron chi connectivity index (χ4n) is 0.755. The van der Waals surface area contributed by atoms with Crippen LogP contribution in [0.25, 0.3) is 0 Å². The minimum Gasteiger partial charge on any atom is -0.480 e. The third kappa shape index (κ3) is 12.3. The highest BCUT2D eigenvalue weighted by atomic mass is 16.4. The maximum Gasteiger partial charge on any atom is 0.335 e. The summed E-state index contributed by atoms with van der Waals surface area (Å²) >= 11 is 0. The summed E-state index contributed by atoms with van der Waals surface area (Å²) in [4.78, 5) is 29.8. The topological polar surface area (TPSA) is 173 Å². The van der Waals surface area contributed by atoms with E-state index in [1.54, 1.807) is 0 Å². The Labute approximate surface area is 119 Å². The molecular formula is C12H16O9. The Hall–Kier alpha value is -2.49. The van der Waals surface area contributed by atoms with Gasteiger partial charge in [-0.05, 0) is 24.3 Å². The van der Waals surface area contributed by atoms with Crippen LogP contribution in [0.4, 0.5) is 0 Å². The van der Waals surface area contributed by atoms with Gasteiger partial charge in [0.05, 0.1) is 24.3 Å². The highest BCUT2D eigenvalue weighted by Gasteiger charge is 2.04. The third-order valence-electron chi connectivity index (χ3n) is 1.61. The summed E-state index contributed by atoms with van der Waals surface area (Å²) in [5.41, 5.74) is 0.167. The quantitative estimate of drug-likeness (QED) is 0.412. The predicted molar refractivity (Wildman–Crippen MR) is 69.3 cm³/mol. The Morgan fingerprint density at radius 3 is 1.05 bits per heavy atom. The maximum atomic E-state index is 10.3. The van der Waals surface area contributed by atoms with Gasteiger partial charge in [0.25, 0.3) is 0 Å². The summed E-state index contributed by atoms with van der Waals surface area (Å²) in [6, 6.07) is 5.02. The smallest absolute Gasteiger partial charge is 0.335 e. The van der Waals surface area contributed by atoms with E-state index in [-0.39, 0.29) is 24.3 Å². The van der Waals surface area contributed by atoms with Crippen LogP contribution >= 0.6 is 0 Å². The van der Waals surface area contributed by atoms with Crippen LogP contribution in [0, 0.1) is 0 Å². The molecule has 1 aromatic rings. The van der Waals surface area contributed by atoms with E-state index in [0.29, 0.717) is 0 Å². The lowest BCUT2D eigenvalue weighted by Crippen LogP contribution is -1.99. The molecule has 21 heavy (non-hydrogen) atoms. The molecule has 0 bridgehead atoms. The van der Waals surface area contributed by atoms with Crippen LogP contribution in [-0.2, 0) is 4.79 Å². The highest BCUT2D eigenvalue weighted by molar-refractivity contribution is 5.91. The van der Waals surface area contributed by atoms with Crippen LogP contribution in [0.5, 0.6) is 0 Å². The lowest BCUT2D eigenvalue weighted by Gasteiger charge is -1.94. The Morgan fingerprint density at radius 2 is 0.952 bits per heavy atom. The number of carboxylic acid groups (broad SMARTS) is 3. The van der Waals surface area contributed by atoms with Crippen molar-refractivity contribution in [1.82, 2.24) is 0 Å². The third-order valence-corrected chi connectivity index (χ3v) is 1.61. The second-order valence-electron chi connectivity index (χ2n) is 3.19. The largest absolute Gasteiger partial charge is 0.480 e. The first kappa shape index (κ1) is 20.8. The second kappa shape index (κ2) is 12.5. The molecule has 0 aliphatic heterocycles. The van der Waals surface area contributed by atoms with Gasteiger partial charge >= 0.3 is 17.9 Å². The van der Waals surface area contributed by atoms with E-state index in [1.807, 2.05) is 0 Å². The summed E-state index contributed by atoms with van der Waals surface area (Å²) in [6.45, 7) is -1.03. The van der Waals surface area contributed by atoms with Crippen molar-refractivity contribution < 1.29 is 45.0 Å². The number of aliphatic carboxylic acids is 1. The molecule has 0 aliphatic carbocycles. The predicted octanol–water partition coefficient (Wildman–Crippen LogP) is -0.883. The molecule has 0 heterocycles. The van der Waals surface area contributed by atoms with Crippen molar-refractivity contribution in [1.29, 1.82) is 0 Å². The number of aromatic carboxylic acids is 2. The Morgan fingerprint density at radius 1 is 0.714 bits per heavy atom. The van der Waals surface area contributed by atoms with Gasteiger partial charge in [0, 0.05) is 0 Å². The number of rotatable bonds is 4. The van der Waals surface area contributed by atoms with Crippen molar-refractivity contribution in [3.63, 3.8) is 0 Å². The van der Waals surface area contributed by atoms with Gasteiger partial charge in [-0.15, -0.1) is 0 Å². The average molecular weight is 304 g/mol. The fourth-order valence-corrected chi connectivity index (χ4v) is 0.755. The van der Waals surface area contributed by atoms with Crippen molar-refractivity contribution in [2.24, 2.45) is 0 Å². The maximum absolute atomic E-state index is 10.3. The van der Waals surface area contributed by atoms with Gasteiger partial charge in [0.1, 0.15) is 6.61 Å². The van der Waals surface area contributed by atoms with Gasteiger partial charge in [0.2, 0.25) is 0 Å². The summed E-state index contributed by atoms with van der Waals surface area (Å²) < 4.78 is 0. The van der Waals surface area contributed by atoms with Gasteiger partial charge in [-0.25, -0.2) is 14.4 Å². The van der Waals surface area contributed by atoms with E-state index < -0.39 is 24.5 Å².